The third-order valence-corrected chi connectivity index (χ3v) is 3.32. The van der Waals surface area contributed by atoms with Crippen LogP contribution in [0.15, 0.2) is 0 Å². The van der Waals surface area contributed by atoms with Crippen LogP contribution < -0.4 is 5.32 Å². The van der Waals surface area contributed by atoms with Crippen LogP contribution in [0.3, 0.4) is 0 Å². The van der Waals surface area contributed by atoms with Gasteiger partial charge < -0.3 is 15.3 Å². The van der Waals surface area contributed by atoms with Crippen LogP contribution in [0.5, 0.6) is 0 Å². The minimum absolute atomic E-state index is 0.00609. The van der Waals surface area contributed by atoms with Crippen molar-refractivity contribution >= 4 is 6.09 Å². The van der Waals surface area contributed by atoms with Crippen molar-refractivity contribution in [2.45, 2.75) is 71.0 Å². The lowest BCUT2D eigenvalue weighted by molar-refractivity contribution is 0.0627. The molecule has 1 aliphatic rings. The zero-order chi connectivity index (χ0) is 13.3. The summed E-state index contributed by atoms with van der Waals surface area (Å²) in [5, 5.41) is 12.9. The van der Waals surface area contributed by atoms with Crippen molar-refractivity contribution in [1.29, 1.82) is 0 Å². The van der Waals surface area contributed by atoms with E-state index in [1.807, 2.05) is 6.92 Å². The average Bonchev–Trinajstić information content (AvgIpc) is 2.08. The molecule has 0 aromatic heterocycles. The van der Waals surface area contributed by atoms with Gasteiger partial charge in [-0.3, -0.25) is 0 Å². The molecule has 1 heterocycles. The first-order chi connectivity index (χ1) is 7.67. The van der Waals surface area contributed by atoms with Crippen LogP contribution in [0.25, 0.3) is 0 Å². The van der Waals surface area contributed by atoms with Gasteiger partial charge in [0.25, 0.3) is 0 Å². The van der Waals surface area contributed by atoms with Gasteiger partial charge >= 0.3 is 6.09 Å². The Morgan fingerprint density at radius 1 is 1.29 bits per heavy atom. The Labute approximate surface area is 104 Å². The number of carboxylic acid groups (broad SMARTS) is 1. The first kappa shape index (κ1) is 14.3. The van der Waals surface area contributed by atoms with Crippen molar-refractivity contribution in [2.75, 3.05) is 6.54 Å². The predicted molar refractivity (Wildman–Crippen MR) is 69.3 cm³/mol. The van der Waals surface area contributed by atoms with Gasteiger partial charge in [0, 0.05) is 23.7 Å². The van der Waals surface area contributed by atoms with Crippen molar-refractivity contribution < 1.29 is 9.90 Å². The lowest BCUT2D eigenvalue weighted by Crippen LogP contribution is -2.62. The van der Waals surface area contributed by atoms with E-state index in [2.05, 4.69) is 33.0 Å². The molecule has 0 atom stereocenters. The standard InChI is InChI=1S/C13H26N2O2/c1-6-7-15(11(16)17)10-8-12(2,3)14-13(4,5)9-10/h10,14H,6-9H2,1-5H3,(H,16,17). The van der Waals surface area contributed by atoms with Crippen molar-refractivity contribution in [3.8, 4) is 0 Å². The third kappa shape index (κ3) is 3.87. The highest BCUT2D eigenvalue weighted by molar-refractivity contribution is 5.65. The molecule has 0 radical (unpaired) electrons. The summed E-state index contributed by atoms with van der Waals surface area (Å²) in [4.78, 5) is 12.9. The minimum Gasteiger partial charge on any atom is -0.465 e. The molecular formula is C13H26N2O2. The fourth-order valence-corrected chi connectivity index (χ4v) is 3.16. The minimum atomic E-state index is -0.787. The maximum absolute atomic E-state index is 11.3. The third-order valence-electron chi connectivity index (χ3n) is 3.32. The van der Waals surface area contributed by atoms with Crippen molar-refractivity contribution in [1.82, 2.24) is 10.2 Å². The number of hydrogen-bond acceptors (Lipinski definition) is 2. The van der Waals surface area contributed by atoms with E-state index in [9.17, 15) is 9.90 Å². The molecule has 1 fully saturated rings. The molecule has 17 heavy (non-hydrogen) atoms. The van der Waals surface area contributed by atoms with Crippen molar-refractivity contribution in [2.24, 2.45) is 0 Å². The summed E-state index contributed by atoms with van der Waals surface area (Å²) in [6.07, 6.45) is 1.84. The fraction of sp³-hybridized carbons (Fsp3) is 0.923. The molecule has 0 aromatic rings. The zero-order valence-electron chi connectivity index (χ0n) is 11.7. The highest BCUT2D eigenvalue weighted by Gasteiger charge is 2.40. The Morgan fingerprint density at radius 3 is 2.12 bits per heavy atom. The summed E-state index contributed by atoms with van der Waals surface area (Å²) in [5.41, 5.74) is -0.0122. The second kappa shape index (κ2) is 4.84. The van der Waals surface area contributed by atoms with E-state index in [0.717, 1.165) is 19.3 Å². The lowest BCUT2D eigenvalue weighted by Gasteiger charge is -2.49. The molecule has 100 valence electrons. The van der Waals surface area contributed by atoms with Crippen LogP contribution in [-0.2, 0) is 0 Å². The fourth-order valence-electron chi connectivity index (χ4n) is 3.16. The van der Waals surface area contributed by atoms with Gasteiger partial charge in [0.1, 0.15) is 0 Å². The van der Waals surface area contributed by atoms with E-state index in [0.29, 0.717) is 6.54 Å². The Kier molecular flexibility index (Phi) is 4.07. The normalized spacial score (nSPS) is 23.4. The van der Waals surface area contributed by atoms with E-state index in [4.69, 9.17) is 0 Å². The van der Waals surface area contributed by atoms with Gasteiger partial charge in [0.15, 0.2) is 0 Å². The van der Waals surface area contributed by atoms with Crippen molar-refractivity contribution in [3.05, 3.63) is 0 Å². The molecule has 0 unspecified atom stereocenters. The summed E-state index contributed by atoms with van der Waals surface area (Å²) in [7, 11) is 0. The van der Waals surface area contributed by atoms with Gasteiger partial charge in [0.2, 0.25) is 0 Å². The lowest BCUT2D eigenvalue weighted by atomic mass is 9.79. The second-order valence-electron chi connectivity index (χ2n) is 6.43. The number of nitrogens with one attached hydrogen (secondary N) is 1. The van der Waals surface area contributed by atoms with Gasteiger partial charge in [-0.25, -0.2) is 4.79 Å². The van der Waals surface area contributed by atoms with E-state index >= 15 is 0 Å². The maximum atomic E-state index is 11.3. The highest BCUT2D eigenvalue weighted by atomic mass is 16.4. The van der Waals surface area contributed by atoms with Crippen molar-refractivity contribution in [3.63, 3.8) is 0 Å². The first-order valence-corrected chi connectivity index (χ1v) is 6.46. The summed E-state index contributed by atoms with van der Waals surface area (Å²) in [5.74, 6) is 0. The smallest absolute Gasteiger partial charge is 0.407 e. The molecule has 1 rings (SSSR count). The van der Waals surface area contributed by atoms with E-state index in [1.54, 1.807) is 4.90 Å². The Hall–Kier alpha value is -0.770. The van der Waals surface area contributed by atoms with Crippen LogP contribution in [0.2, 0.25) is 0 Å². The maximum Gasteiger partial charge on any atom is 0.407 e. The quantitative estimate of drug-likeness (QED) is 0.800. The van der Waals surface area contributed by atoms with E-state index in [1.165, 1.54) is 0 Å². The molecule has 2 N–H and O–H groups in total. The zero-order valence-corrected chi connectivity index (χ0v) is 11.7. The highest BCUT2D eigenvalue weighted by Crippen LogP contribution is 2.31. The summed E-state index contributed by atoms with van der Waals surface area (Å²) in [6, 6.07) is 0.124. The molecule has 0 bridgehead atoms. The SMILES string of the molecule is CCCN(C(=O)O)C1CC(C)(C)NC(C)(C)C1. The Bertz CT molecular complexity index is 271. The van der Waals surface area contributed by atoms with Gasteiger partial charge in [-0.15, -0.1) is 0 Å². The molecule has 0 spiro atoms. The summed E-state index contributed by atoms with van der Waals surface area (Å²) in [6.45, 7) is 11.2. The number of carbonyl (C=O) groups is 1. The van der Waals surface area contributed by atoms with E-state index in [-0.39, 0.29) is 17.1 Å². The number of amides is 1. The molecule has 1 saturated heterocycles. The van der Waals surface area contributed by atoms with Crippen LogP contribution in [0, 0.1) is 0 Å². The summed E-state index contributed by atoms with van der Waals surface area (Å²) < 4.78 is 0. The largest absolute Gasteiger partial charge is 0.465 e. The van der Waals surface area contributed by atoms with E-state index < -0.39 is 6.09 Å². The van der Waals surface area contributed by atoms with Gasteiger partial charge in [-0.2, -0.15) is 0 Å². The monoisotopic (exact) mass is 242 g/mol. The molecule has 0 aliphatic carbocycles. The topological polar surface area (TPSA) is 52.6 Å². The molecule has 0 aromatic carbocycles. The van der Waals surface area contributed by atoms with Crippen LogP contribution in [0.1, 0.15) is 53.9 Å². The number of hydrogen-bond donors (Lipinski definition) is 2. The molecule has 0 saturated carbocycles. The molecule has 4 nitrogen and oxygen atoms in total. The molecule has 4 heteroatoms. The number of rotatable bonds is 3. The average molecular weight is 242 g/mol. The molecule has 1 amide bonds. The van der Waals surface area contributed by atoms with Crippen LogP contribution >= 0.6 is 0 Å². The van der Waals surface area contributed by atoms with Gasteiger partial charge in [-0.05, 0) is 47.0 Å². The number of piperidine rings is 1. The molecule has 1 aliphatic heterocycles. The van der Waals surface area contributed by atoms with Crippen LogP contribution in [0.4, 0.5) is 4.79 Å². The van der Waals surface area contributed by atoms with Crippen LogP contribution in [-0.4, -0.2) is 39.8 Å². The second-order valence-corrected chi connectivity index (χ2v) is 6.43. The Balaban J connectivity index is 2.84. The Morgan fingerprint density at radius 2 is 1.76 bits per heavy atom. The molecular weight excluding hydrogens is 216 g/mol. The van der Waals surface area contributed by atoms with Gasteiger partial charge in [-0.1, -0.05) is 6.92 Å². The summed E-state index contributed by atoms with van der Waals surface area (Å²) >= 11 is 0. The number of nitrogens with zero attached hydrogens (tertiary/aromatic N) is 1. The predicted octanol–water partition coefficient (Wildman–Crippen LogP) is 2.69. The van der Waals surface area contributed by atoms with Gasteiger partial charge in [0.05, 0.1) is 0 Å². The first-order valence-electron chi connectivity index (χ1n) is 6.46.